The number of aromatic nitrogens is 2. The molecule has 0 radical (unpaired) electrons. The zero-order valence-corrected chi connectivity index (χ0v) is 18.5. The Labute approximate surface area is 188 Å². The fourth-order valence-corrected chi connectivity index (χ4v) is 5.52. The van der Waals surface area contributed by atoms with Gasteiger partial charge in [0, 0.05) is 37.0 Å². The van der Waals surface area contributed by atoms with E-state index >= 15 is 0 Å². The van der Waals surface area contributed by atoms with Crippen molar-refractivity contribution in [2.75, 3.05) is 13.1 Å². The average Bonchev–Trinajstić information content (AvgIpc) is 3.34. The molecule has 5 rings (SSSR count). The number of para-hydroxylation sites is 2. The van der Waals surface area contributed by atoms with Gasteiger partial charge in [-0.25, -0.2) is 9.78 Å². The molecule has 31 heavy (non-hydrogen) atoms. The summed E-state index contributed by atoms with van der Waals surface area (Å²) in [5.41, 5.74) is 2.31. The largest absolute Gasteiger partial charge is 0.419 e. The van der Waals surface area contributed by atoms with Crippen molar-refractivity contribution in [3.63, 3.8) is 0 Å². The molecule has 2 aromatic heterocycles. The predicted molar refractivity (Wildman–Crippen MR) is 123 cm³/mol. The first kappa shape index (κ1) is 20.3. The van der Waals surface area contributed by atoms with Crippen molar-refractivity contribution in [3.8, 4) is 0 Å². The topological polar surface area (TPSA) is 68.3 Å². The van der Waals surface area contributed by atoms with Crippen molar-refractivity contribution in [3.05, 3.63) is 63.0 Å². The Balaban J connectivity index is 1.15. The number of piperidine rings is 1. The molecule has 0 N–H and O–H groups in total. The van der Waals surface area contributed by atoms with Gasteiger partial charge in [0.25, 0.3) is 0 Å². The summed E-state index contributed by atoms with van der Waals surface area (Å²) in [5, 5.41) is 1.84. The van der Waals surface area contributed by atoms with Gasteiger partial charge in [-0.2, -0.15) is 0 Å². The van der Waals surface area contributed by atoms with Crippen LogP contribution in [0.4, 0.5) is 0 Å². The van der Waals surface area contributed by atoms with E-state index in [9.17, 15) is 9.59 Å². The van der Waals surface area contributed by atoms with Gasteiger partial charge in [0.15, 0.2) is 5.58 Å². The third-order valence-electron chi connectivity index (χ3n) is 5.91. The van der Waals surface area contributed by atoms with Gasteiger partial charge in [-0.15, -0.1) is 11.3 Å². The molecule has 1 fully saturated rings. The van der Waals surface area contributed by atoms with Crippen LogP contribution in [0, 0.1) is 0 Å². The lowest BCUT2D eigenvalue weighted by Gasteiger charge is -2.31. The van der Waals surface area contributed by atoms with E-state index in [0.717, 1.165) is 46.7 Å². The van der Waals surface area contributed by atoms with Crippen LogP contribution in [0.5, 0.6) is 0 Å². The summed E-state index contributed by atoms with van der Waals surface area (Å²) in [6.07, 6.45) is 2.88. The van der Waals surface area contributed by atoms with E-state index in [1.54, 1.807) is 22.0 Å². The molecule has 160 valence electrons. The van der Waals surface area contributed by atoms with Crippen LogP contribution in [0.2, 0.25) is 5.02 Å². The molecule has 0 atom stereocenters. The lowest BCUT2D eigenvalue weighted by Crippen LogP contribution is -2.37. The van der Waals surface area contributed by atoms with Crippen molar-refractivity contribution >= 4 is 50.2 Å². The normalized spacial score (nSPS) is 15.2. The second-order valence-corrected chi connectivity index (χ2v) is 9.41. The minimum atomic E-state index is -0.369. The molecule has 1 saturated heterocycles. The first-order valence-corrected chi connectivity index (χ1v) is 11.7. The van der Waals surface area contributed by atoms with Crippen LogP contribution in [-0.4, -0.2) is 33.4 Å². The van der Waals surface area contributed by atoms with Gasteiger partial charge in [-0.3, -0.25) is 9.36 Å². The van der Waals surface area contributed by atoms with Gasteiger partial charge >= 0.3 is 5.76 Å². The van der Waals surface area contributed by atoms with Gasteiger partial charge in [0.2, 0.25) is 5.91 Å². The summed E-state index contributed by atoms with van der Waals surface area (Å²) in [7, 11) is 0. The smallest absolute Gasteiger partial charge is 0.408 e. The van der Waals surface area contributed by atoms with E-state index in [1.807, 2.05) is 41.3 Å². The highest BCUT2D eigenvalue weighted by molar-refractivity contribution is 7.18. The lowest BCUT2D eigenvalue weighted by atomic mass is 9.97. The Morgan fingerprint density at radius 1 is 1.19 bits per heavy atom. The molecule has 0 unspecified atom stereocenters. The number of hydrogen-bond acceptors (Lipinski definition) is 5. The summed E-state index contributed by atoms with van der Waals surface area (Å²) < 4.78 is 8.01. The molecule has 1 aliphatic heterocycles. The van der Waals surface area contributed by atoms with Crippen molar-refractivity contribution in [2.24, 2.45) is 0 Å². The Kier molecular flexibility index (Phi) is 5.54. The van der Waals surface area contributed by atoms with E-state index in [4.69, 9.17) is 21.0 Å². The number of benzene rings is 2. The molecule has 3 heterocycles. The van der Waals surface area contributed by atoms with Crippen molar-refractivity contribution in [1.29, 1.82) is 0 Å². The van der Waals surface area contributed by atoms with Gasteiger partial charge in [0.05, 0.1) is 20.7 Å². The van der Waals surface area contributed by atoms with Gasteiger partial charge < -0.3 is 9.32 Å². The Morgan fingerprint density at radius 2 is 2.00 bits per heavy atom. The number of oxazole rings is 1. The molecule has 1 aliphatic rings. The monoisotopic (exact) mass is 455 g/mol. The molecule has 0 spiro atoms. The van der Waals surface area contributed by atoms with Crippen molar-refractivity contribution < 1.29 is 9.21 Å². The summed E-state index contributed by atoms with van der Waals surface area (Å²) in [6.45, 7) is 1.97. The van der Waals surface area contributed by atoms with Crippen LogP contribution in [0.15, 0.2) is 51.7 Å². The zero-order chi connectivity index (χ0) is 21.4. The third-order valence-corrected chi connectivity index (χ3v) is 7.34. The Morgan fingerprint density at radius 3 is 2.84 bits per heavy atom. The summed E-state index contributed by atoms with van der Waals surface area (Å²) >= 11 is 7.80. The van der Waals surface area contributed by atoms with Crippen LogP contribution in [0.3, 0.4) is 0 Å². The first-order chi connectivity index (χ1) is 15.1. The van der Waals surface area contributed by atoms with Gasteiger partial charge in [0.1, 0.15) is 0 Å². The second-order valence-electron chi connectivity index (χ2n) is 7.91. The highest BCUT2D eigenvalue weighted by Crippen LogP contribution is 2.34. The fourth-order valence-electron chi connectivity index (χ4n) is 4.24. The Hall–Kier alpha value is -2.64. The maximum Gasteiger partial charge on any atom is 0.419 e. The Bertz CT molecular complexity index is 1300. The summed E-state index contributed by atoms with van der Waals surface area (Å²) in [6, 6.07) is 13.2. The van der Waals surface area contributed by atoms with Crippen molar-refractivity contribution in [2.45, 2.75) is 38.1 Å². The molecule has 6 nitrogen and oxygen atoms in total. The maximum absolute atomic E-state index is 12.7. The number of carbonyl (C=O) groups excluding carboxylic acids is 1. The number of nitrogens with zero attached hydrogens (tertiary/aromatic N) is 3. The number of thiazole rings is 1. The fraction of sp³-hybridized carbons (Fsp3) is 0.348. The highest BCUT2D eigenvalue weighted by atomic mass is 35.5. The molecular weight excluding hydrogens is 434 g/mol. The van der Waals surface area contributed by atoms with Crippen molar-refractivity contribution in [1.82, 2.24) is 14.5 Å². The number of rotatable bonds is 5. The average molecular weight is 456 g/mol. The summed E-state index contributed by atoms with van der Waals surface area (Å²) in [4.78, 5) is 31.5. The number of carbonyl (C=O) groups is 1. The standard InChI is InChI=1S/C23H22ClN3O3S/c24-16-7-8-20-17(14-16)25-22(31-20)15-9-12-26(13-10-15)21(28)6-3-11-27-18-4-1-2-5-19(18)30-23(27)29/h1-2,4-5,7-8,14-15H,3,6,9-13H2. The van der Waals surface area contributed by atoms with Crippen LogP contribution in [-0.2, 0) is 11.3 Å². The number of fused-ring (bicyclic) bond motifs is 2. The van der Waals surface area contributed by atoms with E-state index in [-0.39, 0.29) is 11.7 Å². The molecule has 8 heteroatoms. The lowest BCUT2D eigenvalue weighted by molar-refractivity contribution is -0.132. The number of hydrogen-bond donors (Lipinski definition) is 0. The van der Waals surface area contributed by atoms with Crippen LogP contribution in [0.1, 0.15) is 36.6 Å². The number of aryl methyl sites for hydroxylation is 1. The molecule has 2 aromatic carbocycles. The molecule has 4 aromatic rings. The predicted octanol–water partition coefficient (Wildman–Crippen LogP) is 5.04. The van der Waals surface area contributed by atoms with E-state index in [0.29, 0.717) is 35.9 Å². The minimum Gasteiger partial charge on any atom is -0.408 e. The number of likely N-dealkylation sites (tertiary alicyclic amines) is 1. The summed E-state index contributed by atoms with van der Waals surface area (Å²) in [5.74, 6) is 0.165. The van der Waals surface area contributed by atoms with E-state index in [2.05, 4.69) is 0 Å². The maximum atomic E-state index is 12.7. The molecule has 0 saturated carbocycles. The highest BCUT2D eigenvalue weighted by Gasteiger charge is 2.25. The van der Waals surface area contributed by atoms with E-state index < -0.39 is 0 Å². The van der Waals surface area contributed by atoms with Gasteiger partial charge in [-0.1, -0.05) is 23.7 Å². The van der Waals surface area contributed by atoms with Crippen LogP contribution < -0.4 is 5.76 Å². The molecule has 1 amide bonds. The first-order valence-electron chi connectivity index (χ1n) is 10.5. The minimum absolute atomic E-state index is 0.149. The van der Waals surface area contributed by atoms with E-state index in [1.165, 1.54) is 0 Å². The molecule has 0 bridgehead atoms. The number of amides is 1. The van der Waals surface area contributed by atoms with Gasteiger partial charge in [-0.05, 0) is 49.6 Å². The second kappa shape index (κ2) is 8.48. The SMILES string of the molecule is O=C(CCCn1c(=O)oc2ccccc21)N1CCC(c2nc3cc(Cl)ccc3s2)CC1. The molecule has 0 aliphatic carbocycles. The quantitative estimate of drug-likeness (QED) is 0.422. The third kappa shape index (κ3) is 4.12. The van der Waals surface area contributed by atoms with Crippen LogP contribution >= 0.6 is 22.9 Å². The van der Waals surface area contributed by atoms with Crippen LogP contribution in [0.25, 0.3) is 21.3 Å². The number of halogens is 1. The zero-order valence-electron chi connectivity index (χ0n) is 16.9. The molecular formula is C23H22ClN3O3S.